The predicted octanol–water partition coefficient (Wildman–Crippen LogP) is 1.08. The van der Waals surface area contributed by atoms with E-state index in [4.69, 9.17) is 5.11 Å². The van der Waals surface area contributed by atoms with Crippen LogP contribution in [0.4, 0.5) is 13.2 Å². The number of alkyl halides is 3. The van der Waals surface area contributed by atoms with Gasteiger partial charge in [0.1, 0.15) is 0 Å². The van der Waals surface area contributed by atoms with Gasteiger partial charge in [-0.15, -0.1) is 0 Å². The van der Waals surface area contributed by atoms with Crippen LogP contribution in [-0.2, 0) is 16.6 Å². The zero-order valence-electron chi connectivity index (χ0n) is 9.53. The summed E-state index contributed by atoms with van der Waals surface area (Å²) in [6.45, 7) is -1.02. The first-order chi connectivity index (χ1) is 8.16. The number of aromatic nitrogens is 1. The van der Waals surface area contributed by atoms with E-state index in [1.165, 1.54) is 6.07 Å². The summed E-state index contributed by atoms with van der Waals surface area (Å²) in [4.78, 5) is 2.34. The Balaban J connectivity index is 2.80. The van der Waals surface area contributed by atoms with E-state index >= 15 is 0 Å². The lowest BCUT2D eigenvalue weighted by atomic mass is 10.4. The minimum absolute atomic E-state index is 0.170. The van der Waals surface area contributed by atoms with Crippen molar-refractivity contribution in [3.63, 3.8) is 0 Å². The maximum atomic E-state index is 12.0. The molecule has 0 aliphatic carbocycles. The molecule has 5 nitrogen and oxygen atoms in total. The van der Waals surface area contributed by atoms with Crippen molar-refractivity contribution in [2.75, 3.05) is 13.6 Å². The largest absolute Gasteiger partial charge is 0.390 e. The highest BCUT2D eigenvalue weighted by atomic mass is 32.2. The van der Waals surface area contributed by atoms with E-state index in [2.05, 4.69) is 4.98 Å². The molecule has 0 saturated carbocycles. The average molecular weight is 286 g/mol. The molecule has 2 N–H and O–H groups in total. The van der Waals surface area contributed by atoms with E-state index in [9.17, 15) is 21.6 Å². The number of rotatable bonds is 5. The molecule has 0 atom stereocenters. The van der Waals surface area contributed by atoms with E-state index in [-0.39, 0.29) is 17.2 Å². The molecular formula is C9H13F3N2O3S. The van der Waals surface area contributed by atoms with Crippen molar-refractivity contribution in [1.82, 2.24) is 9.29 Å². The first-order valence-electron chi connectivity index (χ1n) is 4.98. The van der Waals surface area contributed by atoms with Crippen molar-refractivity contribution in [2.45, 2.75) is 24.1 Å². The van der Waals surface area contributed by atoms with Crippen molar-refractivity contribution >= 4 is 10.0 Å². The molecule has 0 aliphatic heterocycles. The van der Waals surface area contributed by atoms with Crippen molar-refractivity contribution in [1.29, 1.82) is 0 Å². The summed E-state index contributed by atoms with van der Waals surface area (Å²) in [5, 5.41) is 8.78. The third-order valence-corrected chi connectivity index (χ3v) is 4.14. The smallest absolute Gasteiger partial charge is 0.390 e. The number of hydrogen-bond donors (Lipinski definition) is 2. The lowest BCUT2D eigenvalue weighted by molar-refractivity contribution is -0.135. The molecule has 0 fully saturated rings. The second kappa shape index (κ2) is 5.29. The molecule has 1 aromatic rings. The Bertz CT molecular complexity index is 495. The molecule has 0 radical (unpaired) electrons. The van der Waals surface area contributed by atoms with Gasteiger partial charge in [-0.2, -0.15) is 13.2 Å². The van der Waals surface area contributed by atoms with E-state index in [0.29, 0.717) is 4.31 Å². The van der Waals surface area contributed by atoms with Gasteiger partial charge in [0.15, 0.2) is 0 Å². The number of aromatic amines is 1. The number of halogens is 3. The fourth-order valence-corrected chi connectivity index (χ4v) is 2.43. The van der Waals surface area contributed by atoms with Crippen LogP contribution in [0.5, 0.6) is 0 Å². The number of sulfonamides is 1. The molecular weight excluding hydrogens is 273 g/mol. The number of aliphatic hydroxyl groups excluding tert-OH is 1. The molecule has 0 aliphatic rings. The summed E-state index contributed by atoms with van der Waals surface area (Å²) in [5.41, 5.74) is 0.276. The Labute approximate surface area is 102 Å². The minimum atomic E-state index is -4.40. The molecule has 0 unspecified atom stereocenters. The van der Waals surface area contributed by atoms with Crippen LogP contribution in [0, 0.1) is 0 Å². The highest BCUT2D eigenvalue weighted by molar-refractivity contribution is 7.89. The molecule has 0 bridgehead atoms. The van der Waals surface area contributed by atoms with Crippen LogP contribution in [0.1, 0.15) is 12.1 Å². The minimum Gasteiger partial charge on any atom is -0.390 e. The van der Waals surface area contributed by atoms with E-state index in [1.54, 1.807) is 0 Å². The van der Waals surface area contributed by atoms with Gasteiger partial charge in [-0.25, -0.2) is 12.7 Å². The van der Waals surface area contributed by atoms with Crippen LogP contribution in [0.2, 0.25) is 0 Å². The second-order valence-electron chi connectivity index (χ2n) is 3.71. The van der Waals surface area contributed by atoms with Crippen molar-refractivity contribution in [3.05, 3.63) is 18.0 Å². The molecule has 1 aromatic heterocycles. The molecule has 18 heavy (non-hydrogen) atoms. The Kier molecular flexibility index (Phi) is 4.41. The van der Waals surface area contributed by atoms with Crippen LogP contribution in [-0.4, -0.2) is 42.6 Å². The first-order valence-corrected chi connectivity index (χ1v) is 6.42. The van der Waals surface area contributed by atoms with Gasteiger partial charge in [0, 0.05) is 25.5 Å². The Hall–Kier alpha value is -1.06. The molecule has 0 amide bonds. The zero-order valence-corrected chi connectivity index (χ0v) is 10.3. The van der Waals surface area contributed by atoms with Gasteiger partial charge in [-0.05, 0) is 6.07 Å². The lowest BCUT2D eigenvalue weighted by Gasteiger charge is -2.17. The highest BCUT2D eigenvalue weighted by Crippen LogP contribution is 2.22. The number of nitrogens with zero attached hydrogens (tertiary/aromatic N) is 1. The van der Waals surface area contributed by atoms with Crippen LogP contribution in [0.15, 0.2) is 17.2 Å². The molecule has 0 saturated heterocycles. The second-order valence-corrected chi connectivity index (χ2v) is 5.76. The first kappa shape index (κ1) is 15.0. The van der Waals surface area contributed by atoms with Gasteiger partial charge in [0.2, 0.25) is 10.0 Å². The normalized spacial score (nSPS) is 13.2. The molecule has 9 heteroatoms. The van der Waals surface area contributed by atoms with Gasteiger partial charge in [0.05, 0.1) is 17.9 Å². The van der Waals surface area contributed by atoms with Gasteiger partial charge in [0.25, 0.3) is 0 Å². The molecule has 0 aromatic carbocycles. The third-order valence-electron chi connectivity index (χ3n) is 2.31. The summed E-state index contributed by atoms with van der Waals surface area (Å²) in [6, 6.07) is 1.18. The number of hydrogen-bond acceptors (Lipinski definition) is 3. The number of H-pyrrole nitrogens is 1. The highest BCUT2D eigenvalue weighted by Gasteiger charge is 2.30. The SMILES string of the molecule is CN(CCC(F)(F)F)S(=O)(=O)c1c[nH]c(CO)c1. The fraction of sp³-hybridized carbons (Fsp3) is 0.556. The molecule has 1 heterocycles. The summed E-state index contributed by atoms with van der Waals surface area (Å²) in [6.07, 6.45) is -4.48. The average Bonchev–Trinajstić information content (AvgIpc) is 2.73. The van der Waals surface area contributed by atoms with Crippen molar-refractivity contribution < 1.29 is 26.7 Å². The Morgan fingerprint density at radius 1 is 1.44 bits per heavy atom. The summed E-state index contributed by atoms with van der Waals surface area (Å²) >= 11 is 0. The molecule has 0 spiro atoms. The summed E-state index contributed by atoms with van der Waals surface area (Å²) < 4.78 is 60.3. The van der Waals surface area contributed by atoms with Crippen molar-refractivity contribution in [2.24, 2.45) is 0 Å². The van der Waals surface area contributed by atoms with Crippen LogP contribution < -0.4 is 0 Å². The molecule has 1 rings (SSSR count). The van der Waals surface area contributed by atoms with Gasteiger partial charge >= 0.3 is 6.18 Å². The van der Waals surface area contributed by atoms with Gasteiger partial charge in [-0.3, -0.25) is 0 Å². The summed E-state index contributed by atoms with van der Waals surface area (Å²) in [7, 11) is -2.88. The van der Waals surface area contributed by atoms with E-state index in [1.807, 2.05) is 0 Å². The topological polar surface area (TPSA) is 73.4 Å². The van der Waals surface area contributed by atoms with Crippen LogP contribution in [0.25, 0.3) is 0 Å². The van der Waals surface area contributed by atoms with E-state index < -0.39 is 29.2 Å². The van der Waals surface area contributed by atoms with Crippen molar-refractivity contribution in [3.8, 4) is 0 Å². The number of nitrogens with one attached hydrogen (secondary N) is 1. The maximum absolute atomic E-state index is 12.0. The fourth-order valence-electron chi connectivity index (χ4n) is 1.24. The standard InChI is InChI=1S/C9H13F3N2O3S/c1-14(3-2-9(10,11)12)18(16,17)8-4-7(6-15)13-5-8/h4-5,13,15H,2-3,6H2,1H3. The van der Waals surface area contributed by atoms with Crippen LogP contribution in [0.3, 0.4) is 0 Å². The third kappa shape index (κ3) is 3.72. The van der Waals surface area contributed by atoms with Crippen LogP contribution >= 0.6 is 0 Å². The monoisotopic (exact) mass is 286 g/mol. The quantitative estimate of drug-likeness (QED) is 0.850. The molecule has 104 valence electrons. The lowest BCUT2D eigenvalue weighted by Crippen LogP contribution is -2.30. The Morgan fingerprint density at radius 2 is 2.06 bits per heavy atom. The number of aliphatic hydroxyl groups is 1. The maximum Gasteiger partial charge on any atom is 0.390 e. The van der Waals surface area contributed by atoms with E-state index in [0.717, 1.165) is 13.2 Å². The van der Waals surface area contributed by atoms with Gasteiger partial charge in [-0.1, -0.05) is 0 Å². The Morgan fingerprint density at radius 3 is 2.50 bits per heavy atom. The predicted molar refractivity (Wildman–Crippen MR) is 57.2 cm³/mol. The van der Waals surface area contributed by atoms with Gasteiger partial charge < -0.3 is 10.1 Å². The zero-order chi connectivity index (χ0) is 14.0. The summed E-state index contributed by atoms with van der Waals surface area (Å²) in [5.74, 6) is 0.